The highest BCUT2D eigenvalue weighted by Crippen LogP contribution is 1.93. The van der Waals surface area contributed by atoms with E-state index in [1.54, 1.807) is 7.11 Å². The molecule has 0 unspecified atom stereocenters. The van der Waals surface area contributed by atoms with E-state index in [1.165, 1.54) is 0 Å². The lowest BCUT2D eigenvalue weighted by Crippen LogP contribution is -2.30. The minimum Gasteiger partial charge on any atom is -0.480 e. The first-order valence-corrected chi connectivity index (χ1v) is 4.84. The van der Waals surface area contributed by atoms with Crippen LogP contribution in [0, 0.1) is 0 Å². The highest BCUT2D eigenvalue weighted by Gasteiger charge is 2.09. The Bertz CT molecular complexity index is 219. The summed E-state index contributed by atoms with van der Waals surface area (Å²) in [5.74, 6) is -0.493. The molecule has 0 aromatic carbocycles. The number of ether oxygens (including phenoxy) is 1. The number of aliphatic imine (C=N–C) groups is 1. The SMILES string of the molecule is COCCCC(N)=NCC[C@H](N)C(=O)O. The molecule has 6 nitrogen and oxygen atoms in total. The summed E-state index contributed by atoms with van der Waals surface area (Å²) in [6.07, 6.45) is 1.78. The third kappa shape index (κ3) is 7.90. The molecular weight excluding hydrogens is 198 g/mol. The lowest BCUT2D eigenvalue weighted by atomic mass is 10.2. The van der Waals surface area contributed by atoms with E-state index in [4.69, 9.17) is 21.3 Å². The van der Waals surface area contributed by atoms with Crippen LogP contribution in [0.4, 0.5) is 0 Å². The quantitative estimate of drug-likeness (QED) is 0.290. The normalized spacial score (nSPS) is 13.9. The van der Waals surface area contributed by atoms with Gasteiger partial charge in [0.25, 0.3) is 0 Å². The first kappa shape index (κ1) is 13.9. The molecule has 0 aromatic heterocycles. The van der Waals surface area contributed by atoms with Crippen molar-refractivity contribution in [2.45, 2.75) is 25.3 Å². The van der Waals surface area contributed by atoms with E-state index < -0.39 is 12.0 Å². The van der Waals surface area contributed by atoms with Gasteiger partial charge in [-0.2, -0.15) is 0 Å². The number of nitrogens with zero attached hydrogens (tertiary/aromatic N) is 1. The van der Waals surface area contributed by atoms with Crippen LogP contribution in [-0.4, -0.2) is 43.2 Å². The second kappa shape index (κ2) is 8.19. The van der Waals surface area contributed by atoms with Gasteiger partial charge in [0.05, 0.1) is 5.84 Å². The molecule has 15 heavy (non-hydrogen) atoms. The van der Waals surface area contributed by atoms with Crippen molar-refractivity contribution >= 4 is 11.8 Å². The van der Waals surface area contributed by atoms with Crippen LogP contribution in [0.5, 0.6) is 0 Å². The summed E-state index contributed by atoms with van der Waals surface area (Å²) in [5.41, 5.74) is 10.9. The standard InChI is InChI=1S/C9H19N3O3/c1-15-6-2-3-8(11)12-5-4-7(10)9(13)14/h7H,2-6,10H2,1H3,(H2,11,12)(H,13,14)/t7-/m0/s1. The minimum absolute atomic E-state index is 0.306. The summed E-state index contributed by atoms with van der Waals surface area (Å²) in [5, 5.41) is 8.50. The number of amidine groups is 1. The van der Waals surface area contributed by atoms with Gasteiger partial charge in [0, 0.05) is 26.7 Å². The Kier molecular flexibility index (Phi) is 7.57. The molecule has 0 rings (SSSR count). The van der Waals surface area contributed by atoms with Gasteiger partial charge in [-0.25, -0.2) is 0 Å². The second-order valence-electron chi connectivity index (χ2n) is 3.20. The monoisotopic (exact) mass is 217 g/mol. The molecule has 0 heterocycles. The Hall–Kier alpha value is -1.14. The van der Waals surface area contributed by atoms with Crippen molar-refractivity contribution in [3.8, 4) is 0 Å². The molecule has 0 saturated heterocycles. The number of rotatable bonds is 8. The molecule has 1 atom stereocenters. The fourth-order valence-corrected chi connectivity index (χ4v) is 0.947. The lowest BCUT2D eigenvalue weighted by Gasteiger charge is -2.04. The lowest BCUT2D eigenvalue weighted by molar-refractivity contribution is -0.138. The summed E-state index contributed by atoms with van der Waals surface area (Å²) in [7, 11) is 1.62. The molecule has 5 N–H and O–H groups in total. The number of carbonyl (C=O) groups is 1. The van der Waals surface area contributed by atoms with E-state index in [9.17, 15) is 4.79 Å². The molecule has 88 valence electrons. The predicted octanol–water partition coefficient (Wildman–Crippen LogP) is -0.428. The molecule has 0 aliphatic carbocycles. The summed E-state index contributed by atoms with van der Waals surface area (Å²) >= 11 is 0. The summed E-state index contributed by atoms with van der Waals surface area (Å²) in [4.78, 5) is 14.4. The summed E-state index contributed by atoms with van der Waals surface area (Å²) in [6.45, 7) is 0.997. The summed E-state index contributed by atoms with van der Waals surface area (Å²) < 4.78 is 4.86. The highest BCUT2D eigenvalue weighted by molar-refractivity contribution is 5.80. The largest absolute Gasteiger partial charge is 0.480 e. The van der Waals surface area contributed by atoms with Gasteiger partial charge in [0.1, 0.15) is 6.04 Å². The van der Waals surface area contributed by atoms with Crippen molar-refractivity contribution in [1.82, 2.24) is 0 Å². The number of nitrogens with two attached hydrogens (primary N) is 2. The van der Waals surface area contributed by atoms with Gasteiger partial charge in [-0.3, -0.25) is 9.79 Å². The van der Waals surface area contributed by atoms with Crippen LogP contribution in [0.25, 0.3) is 0 Å². The van der Waals surface area contributed by atoms with Crippen LogP contribution in [0.3, 0.4) is 0 Å². The molecule has 0 spiro atoms. The van der Waals surface area contributed by atoms with E-state index in [2.05, 4.69) is 4.99 Å². The zero-order valence-corrected chi connectivity index (χ0v) is 8.98. The van der Waals surface area contributed by atoms with Gasteiger partial charge < -0.3 is 21.3 Å². The number of carboxylic acid groups (broad SMARTS) is 1. The van der Waals surface area contributed by atoms with Crippen LogP contribution in [-0.2, 0) is 9.53 Å². The first-order chi connectivity index (χ1) is 7.07. The predicted molar refractivity (Wildman–Crippen MR) is 57.8 cm³/mol. The molecule has 0 aliphatic heterocycles. The number of hydrogen-bond acceptors (Lipinski definition) is 4. The molecule has 0 aliphatic rings. The minimum atomic E-state index is -1.01. The topological polar surface area (TPSA) is 111 Å². The fraction of sp³-hybridized carbons (Fsp3) is 0.778. The summed E-state index contributed by atoms with van der Waals surface area (Å²) in [6, 6.07) is -0.861. The molecule has 0 radical (unpaired) electrons. The van der Waals surface area contributed by atoms with Crippen LogP contribution < -0.4 is 11.5 Å². The van der Waals surface area contributed by atoms with E-state index in [1.807, 2.05) is 0 Å². The van der Waals surface area contributed by atoms with Gasteiger partial charge in [-0.05, 0) is 12.8 Å². The number of aliphatic carboxylic acids is 1. The third-order valence-electron chi connectivity index (χ3n) is 1.85. The van der Waals surface area contributed by atoms with Gasteiger partial charge >= 0.3 is 5.97 Å². The van der Waals surface area contributed by atoms with E-state index in [-0.39, 0.29) is 0 Å². The first-order valence-electron chi connectivity index (χ1n) is 4.84. The Morgan fingerprint density at radius 3 is 2.80 bits per heavy atom. The molecule has 0 amide bonds. The molecule has 6 heteroatoms. The van der Waals surface area contributed by atoms with Crippen molar-refractivity contribution in [3.63, 3.8) is 0 Å². The van der Waals surface area contributed by atoms with E-state index >= 15 is 0 Å². The van der Waals surface area contributed by atoms with Crippen molar-refractivity contribution in [1.29, 1.82) is 0 Å². The van der Waals surface area contributed by atoms with Crippen LogP contribution >= 0.6 is 0 Å². The highest BCUT2D eigenvalue weighted by atomic mass is 16.5. The maximum absolute atomic E-state index is 10.4. The molecule has 0 fully saturated rings. The van der Waals surface area contributed by atoms with Gasteiger partial charge in [-0.15, -0.1) is 0 Å². The number of carboxylic acids is 1. The van der Waals surface area contributed by atoms with Gasteiger partial charge in [0.2, 0.25) is 0 Å². The molecule has 0 bridgehead atoms. The van der Waals surface area contributed by atoms with Gasteiger partial charge in [-0.1, -0.05) is 0 Å². The van der Waals surface area contributed by atoms with Crippen molar-refractivity contribution in [2.75, 3.05) is 20.3 Å². The smallest absolute Gasteiger partial charge is 0.320 e. The molecule has 0 aromatic rings. The number of hydrogen-bond donors (Lipinski definition) is 3. The van der Waals surface area contributed by atoms with Crippen LogP contribution in [0.1, 0.15) is 19.3 Å². The van der Waals surface area contributed by atoms with Gasteiger partial charge in [0.15, 0.2) is 0 Å². The van der Waals surface area contributed by atoms with E-state index in [0.29, 0.717) is 31.8 Å². The zero-order valence-electron chi connectivity index (χ0n) is 8.98. The Labute approximate surface area is 89.3 Å². The maximum Gasteiger partial charge on any atom is 0.320 e. The maximum atomic E-state index is 10.4. The molecule has 0 saturated carbocycles. The average molecular weight is 217 g/mol. The van der Waals surface area contributed by atoms with Crippen molar-refractivity contribution in [2.24, 2.45) is 16.5 Å². The number of methoxy groups -OCH3 is 1. The van der Waals surface area contributed by atoms with Crippen molar-refractivity contribution in [3.05, 3.63) is 0 Å². The Morgan fingerprint density at radius 1 is 1.60 bits per heavy atom. The Balaban J connectivity index is 3.62. The fourth-order valence-electron chi connectivity index (χ4n) is 0.947. The Morgan fingerprint density at radius 2 is 2.27 bits per heavy atom. The average Bonchev–Trinajstić information content (AvgIpc) is 2.18. The zero-order chi connectivity index (χ0) is 11.7. The third-order valence-corrected chi connectivity index (χ3v) is 1.85. The van der Waals surface area contributed by atoms with Crippen LogP contribution in [0.15, 0.2) is 4.99 Å². The van der Waals surface area contributed by atoms with Crippen molar-refractivity contribution < 1.29 is 14.6 Å². The van der Waals surface area contributed by atoms with E-state index in [0.717, 1.165) is 6.42 Å². The second-order valence-corrected chi connectivity index (χ2v) is 3.20. The molecular formula is C9H19N3O3. The van der Waals surface area contributed by atoms with Crippen LogP contribution in [0.2, 0.25) is 0 Å².